The second kappa shape index (κ2) is 4.53. The molecule has 2 aromatic carbocycles. The lowest BCUT2D eigenvalue weighted by atomic mass is 9.80. The molecule has 126 valence electrons. The maximum atomic E-state index is 12.2. The van der Waals surface area contributed by atoms with E-state index in [1.54, 1.807) is 0 Å². The Morgan fingerprint density at radius 2 is 1.00 bits per heavy atom. The standard InChI is InChI=1S/C19H14O6/c20-15-22-17(13-7-3-1-4-8-13)11-12-18(14-9-5-2-6-10-14)19(17,24-15)25-16(21)23-18/h1-10H,11-12H2. The summed E-state index contributed by atoms with van der Waals surface area (Å²) in [6, 6.07) is 18.4. The van der Waals surface area contributed by atoms with Gasteiger partial charge in [0.05, 0.1) is 0 Å². The molecule has 0 radical (unpaired) electrons. The van der Waals surface area contributed by atoms with Crippen LogP contribution in [-0.2, 0) is 30.1 Å². The Hall–Kier alpha value is -3.02. The predicted octanol–water partition coefficient (Wildman–Crippen LogP) is 3.60. The van der Waals surface area contributed by atoms with Gasteiger partial charge >= 0.3 is 18.1 Å². The van der Waals surface area contributed by atoms with Crippen LogP contribution in [0.1, 0.15) is 24.0 Å². The Kier molecular flexibility index (Phi) is 2.60. The summed E-state index contributed by atoms with van der Waals surface area (Å²) in [7, 11) is 0. The number of carbonyl (C=O) groups is 2. The Bertz CT molecular complexity index is 790. The van der Waals surface area contributed by atoms with E-state index < -0.39 is 29.3 Å². The molecule has 1 aliphatic carbocycles. The van der Waals surface area contributed by atoms with Crippen molar-refractivity contribution in [2.45, 2.75) is 29.8 Å². The molecule has 2 aromatic rings. The van der Waals surface area contributed by atoms with E-state index in [4.69, 9.17) is 18.9 Å². The van der Waals surface area contributed by atoms with Gasteiger partial charge in [0.2, 0.25) is 11.2 Å². The van der Waals surface area contributed by atoms with Gasteiger partial charge in [-0.05, 0) is 0 Å². The van der Waals surface area contributed by atoms with E-state index in [1.807, 2.05) is 60.7 Å². The molecular weight excluding hydrogens is 324 g/mol. The van der Waals surface area contributed by atoms with Crippen molar-refractivity contribution in [2.24, 2.45) is 0 Å². The largest absolute Gasteiger partial charge is 0.513 e. The van der Waals surface area contributed by atoms with Gasteiger partial charge in [-0.15, -0.1) is 0 Å². The first kappa shape index (κ1) is 14.3. The van der Waals surface area contributed by atoms with Gasteiger partial charge < -0.3 is 18.9 Å². The van der Waals surface area contributed by atoms with Gasteiger partial charge in [-0.2, -0.15) is 0 Å². The topological polar surface area (TPSA) is 71.1 Å². The number of hydrogen-bond acceptors (Lipinski definition) is 6. The van der Waals surface area contributed by atoms with Crippen molar-refractivity contribution in [1.82, 2.24) is 0 Å². The number of hydrogen-bond donors (Lipinski definition) is 0. The zero-order valence-corrected chi connectivity index (χ0v) is 13.1. The van der Waals surface area contributed by atoms with Crippen LogP contribution in [0.4, 0.5) is 9.59 Å². The molecular formula is C19H14O6. The highest BCUT2D eigenvalue weighted by molar-refractivity contribution is 5.72. The fourth-order valence-electron chi connectivity index (χ4n) is 4.36. The molecule has 6 heteroatoms. The van der Waals surface area contributed by atoms with Crippen molar-refractivity contribution in [3.8, 4) is 0 Å². The zero-order valence-electron chi connectivity index (χ0n) is 13.1. The first-order valence-electron chi connectivity index (χ1n) is 8.07. The van der Waals surface area contributed by atoms with Crippen LogP contribution in [0.15, 0.2) is 60.7 Å². The van der Waals surface area contributed by atoms with Crippen LogP contribution < -0.4 is 0 Å². The highest BCUT2D eigenvalue weighted by atomic mass is 16.9. The molecule has 2 atom stereocenters. The molecule has 2 aliphatic heterocycles. The van der Waals surface area contributed by atoms with E-state index in [-0.39, 0.29) is 0 Å². The van der Waals surface area contributed by atoms with Crippen LogP contribution >= 0.6 is 0 Å². The summed E-state index contributed by atoms with van der Waals surface area (Å²) in [4.78, 5) is 24.3. The molecule has 0 bridgehead atoms. The van der Waals surface area contributed by atoms with Crippen molar-refractivity contribution in [1.29, 1.82) is 0 Å². The minimum atomic E-state index is -1.68. The van der Waals surface area contributed by atoms with Gasteiger partial charge in [0.15, 0.2) is 0 Å². The van der Waals surface area contributed by atoms with Crippen LogP contribution in [-0.4, -0.2) is 18.1 Å². The average Bonchev–Trinajstić information content (AvgIpc) is 3.17. The Morgan fingerprint density at radius 1 is 0.600 bits per heavy atom. The van der Waals surface area contributed by atoms with Crippen molar-refractivity contribution < 1.29 is 28.5 Å². The lowest BCUT2D eigenvalue weighted by Gasteiger charge is -2.36. The summed E-state index contributed by atoms with van der Waals surface area (Å²) in [6.45, 7) is 0. The van der Waals surface area contributed by atoms with E-state index in [9.17, 15) is 9.59 Å². The summed E-state index contributed by atoms with van der Waals surface area (Å²) < 4.78 is 22.4. The van der Waals surface area contributed by atoms with Gasteiger partial charge in [0, 0.05) is 24.0 Å². The molecule has 0 aromatic heterocycles. The van der Waals surface area contributed by atoms with Crippen LogP contribution in [0.3, 0.4) is 0 Å². The van der Waals surface area contributed by atoms with Crippen molar-refractivity contribution in [2.75, 3.05) is 0 Å². The van der Waals surface area contributed by atoms with Crippen LogP contribution in [0.2, 0.25) is 0 Å². The van der Waals surface area contributed by atoms with Gasteiger partial charge in [0.1, 0.15) is 0 Å². The molecule has 2 heterocycles. The average molecular weight is 338 g/mol. The van der Waals surface area contributed by atoms with Crippen molar-refractivity contribution in [3.63, 3.8) is 0 Å². The Balaban J connectivity index is 1.78. The summed E-state index contributed by atoms with van der Waals surface area (Å²) in [5.74, 6) is -1.68. The molecule has 5 rings (SSSR count). The smallest absolute Gasteiger partial charge is 0.414 e. The third-order valence-electron chi connectivity index (χ3n) is 5.34. The highest BCUT2D eigenvalue weighted by Crippen LogP contribution is 2.67. The lowest BCUT2D eigenvalue weighted by Crippen LogP contribution is -2.55. The van der Waals surface area contributed by atoms with Crippen LogP contribution in [0.5, 0.6) is 0 Å². The Labute approximate surface area is 143 Å². The summed E-state index contributed by atoms with van der Waals surface area (Å²) in [5.41, 5.74) is -1.07. The molecule has 25 heavy (non-hydrogen) atoms. The zero-order chi connectivity index (χ0) is 17.1. The third-order valence-corrected chi connectivity index (χ3v) is 5.34. The summed E-state index contributed by atoms with van der Waals surface area (Å²) >= 11 is 0. The fourth-order valence-corrected chi connectivity index (χ4v) is 4.36. The SMILES string of the molecule is O=C1OC2(c3ccccc3)CCC3(c4ccccc4)OC(=O)OC23O1. The molecule has 0 N–H and O–H groups in total. The van der Waals surface area contributed by atoms with E-state index in [0.717, 1.165) is 0 Å². The predicted molar refractivity (Wildman–Crippen MR) is 83.3 cm³/mol. The maximum absolute atomic E-state index is 12.2. The quantitative estimate of drug-likeness (QED) is 0.779. The molecule has 1 spiro atoms. The van der Waals surface area contributed by atoms with Gasteiger partial charge in [-0.1, -0.05) is 60.7 Å². The molecule has 0 amide bonds. The van der Waals surface area contributed by atoms with Crippen molar-refractivity contribution >= 4 is 12.3 Å². The minimum absolute atomic E-state index is 0.408. The van der Waals surface area contributed by atoms with E-state index in [0.29, 0.717) is 24.0 Å². The summed E-state index contributed by atoms with van der Waals surface area (Å²) in [5, 5.41) is 0. The number of carbonyl (C=O) groups excluding carboxylic acids is 2. The number of ether oxygens (including phenoxy) is 4. The fraction of sp³-hybridized carbons (Fsp3) is 0.263. The summed E-state index contributed by atoms with van der Waals surface area (Å²) in [6.07, 6.45) is -0.931. The van der Waals surface area contributed by atoms with Crippen LogP contribution in [0, 0.1) is 0 Å². The first-order valence-corrected chi connectivity index (χ1v) is 8.07. The normalized spacial score (nSPS) is 35.2. The molecule has 3 aliphatic rings. The molecule has 3 fully saturated rings. The molecule has 6 nitrogen and oxygen atoms in total. The van der Waals surface area contributed by atoms with E-state index in [2.05, 4.69) is 0 Å². The van der Waals surface area contributed by atoms with E-state index >= 15 is 0 Å². The molecule has 2 unspecified atom stereocenters. The number of rotatable bonds is 2. The van der Waals surface area contributed by atoms with Crippen molar-refractivity contribution in [3.05, 3.63) is 71.8 Å². The minimum Gasteiger partial charge on any atom is -0.414 e. The molecule has 1 saturated carbocycles. The monoisotopic (exact) mass is 338 g/mol. The molecule has 2 saturated heterocycles. The lowest BCUT2D eigenvalue weighted by molar-refractivity contribution is -0.218. The third kappa shape index (κ3) is 1.54. The Morgan fingerprint density at radius 3 is 1.40 bits per heavy atom. The van der Waals surface area contributed by atoms with Gasteiger partial charge in [0.25, 0.3) is 0 Å². The first-order chi connectivity index (χ1) is 12.1. The van der Waals surface area contributed by atoms with E-state index in [1.165, 1.54) is 0 Å². The second-order valence-electron chi connectivity index (χ2n) is 6.41. The highest BCUT2D eigenvalue weighted by Gasteiger charge is 2.86. The van der Waals surface area contributed by atoms with Gasteiger partial charge in [-0.25, -0.2) is 9.59 Å². The van der Waals surface area contributed by atoms with Crippen LogP contribution in [0.25, 0.3) is 0 Å². The maximum Gasteiger partial charge on any atom is 0.513 e. The van der Waals surface area contributed by atoms with Gasteiger partial charge in [-0.3, -0.25) is 0 Å². The number of benzene rings is 2. The second-order valence-corrected chi connectivity index (χ2v) is 6.41.